The zero-order valence-electron chi connectivity index (χ0n) is 9.28. The molecule has 0 spiro atoms. The number of hydrogen-bond acceptors (Lipinski definition) is 2. The van der Waals surface area contributed by atoms with Crippen LogP contribution >= 0.6 is 12.4 Å². The van der Waals surface area contributed by atoms with Gasteiger partial charge in [-0.1, -0.05) is 31.2 Å². The molecule has 1 aromatic rings. The Kier molecular flexibility index (Phi) is 7.39. The Morgan fingerprint density at radius 3 is 2.27 bits per heavy atom. The first-order chi connectivity index (χ1) is 6.77. The van der Waals surface area contributed by atoms with Gasteiger partial charge in [0.1, 0.15) is 0 Å². The molecule has 1 aromatic carbocycles. The summed E-state index contributed by atoms with van der Waals surface area (Å²) in [4.78, 5) is 0. The molecule has 0 aliphatic carbocycles. The average Bonchev–Trinajstić information content (AvgIpc) is 2.26. The number of aryl methyl sites for hydroxylation is 1. The number of hydrogen-bond donors (Lipinski definition) is 2. The number of rotatable bonds is 5. The maximum atomic E-state index is 6.02. The van der Waals surface area contributed by atoms with E-state index in [4.69, 9.17) is 11.5 Å². The lowest BCUT2D eigenvalue weighted by atomic mass is 10.0. The SMILES string of the molecule is CCc1ccc([C@@H](N)CCCN)cc1.Cl. The molecule has 0 bridgehead atoms. The van der Waals surface area contributed by atoms with Gasteiger partial charge in [0.05, 0.1) is 0 Å². The van der Waals surface area contributed by atoms with Gasteiger partial charge in [0.15, 0.2) is 0 Å². The first-order valence-corrected chi connectivity index (χ1v) is 5.32. The van der Waals surface area contributed by atoms with Gasteiger partial charge in [-0.15, -0.1) is 12.4 Å². The zero-order chi connectivity index (χ0) is 10.4. The number of nitrogens with two attached hydrogens (primary N) is 2. The van der Waals surface area contributed by atoms with Crippen molar-refractivity contribution in [2.45, 2.75) is 32.2 Å². The molecule has 0 aromatic heterocycles. The van der Waals surface area contributed by atoms with E-state index in [-0.39, 0.29) is 18.4 Å². The standard InChI is InChI=1S/C12H20N2.ClH/c1-2-10-5-7-11(8-6-10)12(14)4-3-9-13;/h5-8,12H,2-4,9,13-14H2,1H3;1H/t12-;/m0./s1. The predicted octanol–water partition coefficient (Wildman–Crippen LogP) is 2.41. The van der Waals surface area contributed by atoms with Gasteiger partial charge in [-0.2, -0.15) is 0 Å². The van der Waals surface area contributed by atoms with Gasteiger partial charge in [0.2, 0.25) is 0 Å². The molecule has 1 rings (SSSR count). The summed E-state index contributed by atoms with van der Waals surface area (Å²) in [6.45, 7) is 2.88. The second-order valence-electron chi connectivity index (χ2n) is 3.63. The van der Waals surface area contributed by atoms with Crippen LogP contribution in [0.5, 0.6) is 0 Å². The molecule has 0 heterocycles. The van der Waals surface area contributed by atoms with Crippen molar-refractivity contribution in [2.24, 2.45) is 11.5 Å². The fourth-order valence-electron chi connectivity index (χ4n) is 1.50. The molecule has 0 fully saturated rings. The van der Waals surface area contributed by atoms with Crippen LogP contribution < -0.4 is 11.5 Å². The summed E-state index contributed by atoms with van der Waals surface area (Å²) in [6, 6.07) is 8.69. The summed E-state index contributed by atoms with van der Waals surface area (Å²) in [7, 11) is 0. The Morgan fingerprint density at radius 1 is 1.20 bits per heavy atom. The Balaban J connectivity index is 0.00000196. The fourth-order valence-corrected chi connectivity index (χ4v) is 1.50. The van der Waals surface area contributed by atoms with Gasteiger partial charge >= 0.3 is 0 Å². The molecule has 0 radical (unpaired) electrons. The van der Waals surface area contributed by atoms with Crippen LogP contribution in [0.3, 0.4) is 0 Å². The summed E-state index contributed by atoms with van der Waals surface area (Å²) < 4.78 is 0. The topological polar surface area (TPSA) is 52.0 Å². The van der Waals surface area contributed by atoms with Crippen molar-refractivity contribution in [3.8, 4) is 0 Å². The molecule has 86 valence electrons. The van der Waals surface area contributed by atoms with Crippen molar-refractivity contribution < 1.29 is 0 Å². The van der Waals surface area contributed by atoms with Crippen LogP contribution in [0.4, 0.5) is 0 Å². The van der Waals surface area contributed by atoms with E-state index in [1.807, 2.05) is 0 Å². The quantitative estimate of drug-likeness (QED) is 0.813. The van der Waals surface area contributed by atoms with Crippen LogP contribution in [0.1, 0.15) is 36.9 Å². The third-order valence-electron chi connectivity index (χ3n) is 2.54. The van der Waals surface area contributed by atoms with Crippen LogP contribution in [0.2, 0.25) is 0 Å². The normalized spacial score (nSPS) is 11.9. The van der Waals surface area contributed by atoms with Crippen molar-refractivity contribution in [1.29, 1.82) is 0 Å². The van der Waals surface area contributed by atoms with E-state index in [9.17, 15) is 0 Å². The Hall–Kier alpha value is -0.570. The molecular weight excluding hydrogens is 208 g/mol. The van der Waals surface area contributed by atoms with Gasteiger partial charge < -0.3 is 11.5 Å². The third kappa shape index (κ3) is 4.65. The third-order valence-corrected chi connectivity index (χ3v) is 2.54. The Bertz CT molecular complexity index is 259. The molecule has 0 unspecified atom stereocenters. The fraction of sp³-hybridized carbons (Fsp3) is 0.500. The van der Waals surface area contributed by atoms with Gasteiger partial charge in [0, 0.05) is 6.04 Å². The second-order valence-corrected chi connectivity index (χ2v) is 3.63. The van der Waals surface area contributed by atoms with Crippen molar-refractivity contribution in [1.82, 2.24) is 0 Å². The average molecular weight is 229 g/mol. The molecule has 0 saturated heterocycles. The minimum absolute atomic E-state index is 0. The molecule has 2 nitrogen and oxygen atoms in total. The largest absolute Gasteiger partial charge is 0.330 e. The first-order valence-electron chi connectivity index (χ1n) is 5.32. The van der Waals surface area contributed by atoms with Crippen LogP contribution in [-0.2, 0) is 6.42 Å². The van der Waals surface area contributed by atoms with E-state index in [2.05, 4.69) is 31.2 Å². The monoisotopic (exact) mass is 228 g/mol. The lowest BCUT2D eigenvalue weighted by Crippen LogP contribution is -2.12. The summed E-state index contributed by atoms with van der Waals surface area (Å²) >= 11 is 0. The predicted molar refractivity (Wildman–Crippen MR) is 68.3 cm³/mol. The molecule has 0 aliphatic rings. The highest BCUT2D eigenvalue weighted by Gasteiger charge is 2.04. The molecule has 0 saturated carbocycles. The first kappa shape index (κ1) is 14.4. The molecular formula is C12H21ClN2. The highest BCUT2D eigenvalue weighted by Crippen LogP contribution is 2.16. The van der Waals surface area contributed by atoms with E-state index in [1.54, 1.807) is 0 Å². The summed E-state index contributed by atoms with van der Waals surface area (Å²) in [6.07, 6.45) is 3.05. The molecule has 4 N–H and O–H groups in total. The zero-order valence-corrected chi connectivity index (χ0v) is 10.1. The van der Waals surface area contributed by atoms with E-state index in [0.29, 0.717) is 0 Å². The summed E-state index contributed by atoms with van der Waals surface area (Å²) in [5.74, 6) is 0. The minimum Gasteiger partial charge on any atom is -0.330 e. The van der Waals surface area contributed by atoms with Crippen LogP contribution in [0.25, 0.3) is 0 Å². The molecule has 0 aliphatic heterocycles. The van der Waals surface area contributed by atoms with Crippen LogP contribution in [0, 0.1) is 0 Å². The lowest BCUT2D eigenvalue weighted by Gasteiger charge is -2.11. The summed E-state index contributed by atoms with van der Waals surface area (Å²) in [5, 5.41) is 0. The van der Waals surface area contributed by atoms with E-state index in [0.717, 1.165) is 25.8 Å². The van der Waals surface area contributed by atoms with Crippen molar-refractivity contribution >= 4 is 12.4 Å². The lowest BCUT2D eigenvalue weighted by molar-refractivity contribution is 0.618. The van der Waals surface area contributed by atoms with Crippen molar-refractivity contribution in [3.63, 3.8) is 0 Å². The molecule has 0 amide bonds. The Labute approximate surface area is 98.5 Å². The smallest absolute Gasteiger partial charge is 0.0295 e. The van der Waals surface area contributed by atoms with Crippen molar-refractivity contribution in [2.75, 3.05) is 6.54 Å². The minimum atomic E-state index is 0. The van der Waals surface area contributed by atoms with Crippen LogP contribution in [-0.4, -0.2) is 6.54 Å². The van der Waals surface area contributed by atoms with E-state index < -0.39 is 0 Å². The van der Waals surface area contributed by atoms with Gasteiger partial charge in [0.25, 0.3) is 0 Å². The van der Waals surface area contributed by atoms with Gasteiger partial charge in [-0.25, -0.2) is 0 Å². The summed E-state index contributed by atoms with van der Waals surface area (Å²) in [5.41, 5.74) is 14.0. The molecule has 15 heavy (non-hydrogen) atoms. The Morgan fingerprint density at radius 2 is 1.80 bits per heavy atom. The van der Waals surface area contributed by atoms with Gasteiger partial charge in [-0.3, -0.25) is 0 Å². The molecule has 3 heteroatoms. The maximum Gasteiger partial charge on any atom is 0.0295 e. The van der Waals surface area contributed by atoms with E-state index >= 15 is 0 Å². The van der Waals surface area contributed by atoms with Crippen molar-refractivity contribution in [3.05, 3.63) is 35.4 Å². The number of benzene rings is 1. The van der Waals surface area contributed by atoms with Gasteiger partial charge in [-0.05, 0) is 36.9 Å². The highest BCUT2D eigenvalue weighted by molar-refractivity contribution is 5.85. The maximum absolute atomic E-state index is 6.02. The molecule has 1 atom stereocenters. The second kappa shape index (κ2) is 7.69. The highest BCUT2D eigenvalue weighted by atomic mass is 35.5. The van der Waals surface area contributed by atoms with Crippen LogP contribution in [0.15, 0.2) is 24.3 Å². The number of halogens is 1. The van der Waals surface area contributed by atoms with E-state index in [1.165, 1.54) is 11.1 Å².